The van der Waals surface area contributed by atoms with Gasteiger partial charge in [0.15, 0.2) is 9.84 Å². The molecule has 0 bridgehead atoms. The van der Waals surface area contributed by atoms with Crippen molar-refractivity contribution in [3.05, 3.63) is 0 Å². The fourth-order valence-electron chi connectivity index (χ4n) is 4.25. The number of hydrogen-bond donors (Lipinski definition) is 1. The number of rotatable bonds is 6. The van der Waals surface area contributed by atoms with Gasteiger partial charge in [-0.25, -0.2) is 8.42 Å². The minimum absolute atomic E-state index is 0.0245. The first-order valence-corrected chi connectivity index (χ1v) is 10.9. The molecule has 25 heavy (non-hydrogen) atoms. The van der Waals surface area contributed by atoms with Gasteiger partial charge in [-0.2, -0.15) is 0 Å². The number of likely N-dealkylation sites (tertiary alicyclic amines) is 1. The summed E-state index contributed by atoms with van der Waals surface area (Å²) >= 11 is 0. The molecule has 0 saturated carbocycles. The zero-order valence-electron chi connectivity index (χ0n) is 14.5. The summed E-state index contributed by atoms with van der Waals surface area (Å²) in [5.74, 6) is -0.508. The van der Waals surface area contributed by atoms with Crippen LogP contribution in [-0.2, 0) is 19.4 Å². The van der Waals surface area contributed by atoms with Gasteiger partial charge in [0.25, 0.3) is 0 Å². The summed E-state index contributed by atoms with van der Waals surface area (Å²) in [5, 5.41) is 8.89. The van der Waals surface area contributed by atoms with Gasteiger partial charge in [-0.05, 0) is 12.8 Å². The molecule has 0 spiro atoms. The van der Waals surface area contributed by atoms with Gasteiger partial charge in [-0.3, -0.25) is 19.4 Å². The smallest absolute Gasteiger partial charge is 0.304 e. The molecular formula is C16H27N3O5S. The van der Waals surface area contributed by atoms with E-state index in [4.69, 9.17) is 5.11 Å². The predicted octanol–water partition coefficient (Wildman–Crippen LogP) is -0.743. The van der Waals surface area contributed by atoms with E-state index in [1.165, 1.54) is 0 Å². The number of amides is 1. The zero-order valence-corrected chi connectivity index (χ0v) is 15.3. The maximum absolute atomic E-state index is 12.3. The first-order valence-electron chi connectivity index (χ1n) is 9.04. The maximum atomic E-state index is 12.3. The molecule has 0 aromatic carbocycles. The fourth-order valence-corrected chi connectivity index (χ4v) is 6.30. The molecule has 0 aromatic heterocycles. The highest BCUT2D eigenvalue weighted by atomic mass is 32.2. The van der Waals surface area contributed by atoms with Gasteiger partial charge in [0, 0.05) is 57.8 Å². The maximum Gasteiger partial charge on any atom is 0.304 e. The average Bonchev–Trinajstić information content (AvgIpc) is 3.17. The largest absolute Gasteiger partial charge is 0.481 e. The van der Waals surface area contributed by atoms with Crippen molar-refractivity contribution >= 4 is 21.7 Å². The second-order valence-corrected chi connectivity index (χ2v) is 9.42. The lowest BCUT2D eigenvalue weighted by Gasteiger charge is -2.43. The standard InChI is InChI=1S/C16H27N3O5S/c20-15(19-5-1-2-6-19)3-7-17-9-10-18(8-4-16(21)22)14-12-25(23,24)11-13(14)17/h13-14H,1-12H2,(H,21,22)/t13-,14+/m1/s1. The molecule has 1 amide bonds. The summed E-state index contributed by atoms with van der Waals surface area (Å²) in [7, 11) is -3.11. The third-order valence-corrected chi connectivity index (χ3v) is 7.29. The molecule has 3 heterocycles. The van der Waals surface area contributed by atoms with Crippen LogP contribution in [0.3, 0.4) is 0 Å². The van der Waals surface area contributed by atoms with E-state index in [1.807, 2.05) is 9.80 Å². The number of carbonyl (C=O) groups is 2. The highest BCUT2D eigenvalue weighted by molar-refractivity contribution is 7.91. The van der Waals surface area contributed by atoms with Crippen molar-refractivity contribution in [2.24, 2.45) is 0 Å². The number of aliphatic carboxylic acids is 1. The Bertz CT molecular complexity index is 617. The second kappa shape index (κ2) is 7.59. The zero-order chi connectivity index (χ0) is 18.0. The Hall–Kier alpha value is -1.19. The van der Waals surface area contributed by atoms with Crippen LogP contribution in [-0.4, -0.2) is 103 Å². The molecule has 9 heteroatoms. The monoisotopic (exact) mass is 373 g/mol. The summed E-state index contributed by atoms with van der Waals surface area (Å²) in [5.41, 5.74) is 0. The quantitative estimate of drug-likeness (QED) is 0.654. The lowest BCUT2D eigenvalue weighted by molar-refractivity contribution is -0.138. The molecule has 0 unspecified atom stereocenters. The predicted molar refractivity (Wildman–Crippen MR) is 92.1 cm³/mol. The molecule has 8 nitrogen and oxygen atoms in total. The average molecular weight is 373 g/mol. The van der Waals surface area contributed by atoms with Crippen molar-refractivity contribution in [1.29, 1.82) is 0 Å². The van der Waals surface area contributed by atoms with Crippen LogP contribution in [0.1, 0.15) is 25.7 Å². The lowest BCUT2D eigenvalue weighted by atomic mass is 10.0. The van der Waals surface area contributed by atoms with Crippen LogP contribution in [0.5, 0.6) is 0 Å². The number of piperazine rings is 1. The first kappa shape index (κ1) is 18.6. The number of fused-ring (bicyclic) bond motifs is 1. The molecule has 3 fully saturated rings. The van der Waals surface area contributed by atoms with E-state index in [0.717, 1.165) is 25.9 Å². The normalized spacial score (nSPS) is 29.7. The third kappa shape index (κ3) is 4.51. The molecule has 3 rings (SSSR count). The van der Waals surface area contributed by atoms with Crippen LogP contribution in [0.2, 0.25) is 0 Å². The molecule has 0 aromatic rings. The van der Waals surface area contributed by atoms with Crippen molar-refractivity contribution in [2.75, 3.05) is 50.8 Å². The fraction of sp³-hybridized carbons (Fsp3) is 0.875. The molecular weight excluding hydrogens is 346 g/mol. The Labute approximate surface area is 148 Å². The Balaban J connectivity index is 1.60. The van der Waals surface area contributed by atoms with E-state index < -0.39 is 15.8 Å². The number of carboxylic acid groups (broad SMARTS) is 1. The second-order valence-electron chi connectivity index (χ2n) is 7.27. The Morgan fingerprint density at radius 1 is 0.880 bits per heavy atom. The minimum Gasteiger partial charge on any atom is -0.481 e. The summed E-state index contributed by atoms with van der Waals surface area (Å²) in [6.07, 6.45) is 2.59. The first-order chi connectivity index (χ1) is 11.9. The topological polar surface area (TPSA) is 98.2 Å². The van der Waals surface area contributed by atoms with Gasteiger partial charge < -0.3 is 10.0 Å². The van der Waals surface area contributed by atoms with Crippen LogP contribution < -0.4 is 0 Å². The van der Waals surface area contributed by atoms with Gasteiger partial charge in [0.1, 0.15) is 0 Å². The number of nitrogens with zero attached hydrogens (tertiary/aromatic N) is 3. The van der Waals surface area contributed by atoms with E-state index >= 15 is 0 Å². The molecule has 3 saturated heterocycles. The van der Waals surface area contributed by atoms with Crippen molar-refractivity contribution in [3.8, 4) is 0 Å². The SMILES string of the molecule is O=C(O)CCN1CCN(CCC(=O)N2CCCC2)[C@@H]2CS(=O)(=O)C[C@@H]21. The highest BCUT2D eigenvalue weighted by Crippen LogP contribution is 2.27. The van der Waals surface area contributed by atoms with Gasteiger partial charge in [0.05, 0.1) is 17.9 Å². The number of carbonyl (C=O) groups excluding carboxylic acids is 1. The summed E-state index contributed by atoms with van der Waals surface area (Å²) < 4.78 is 24.3. The van der Waals surface area contributed by atoms with Crippen LogP contribution in [0.4, 0.5) is 0 Å². The Morgan fingerprint density at radius 2 is 1.40 bits per heavy atom. The van der Waals surface area contributed by atoms with Crippen LogP contribution >= 0.6 is 0 Å². The van der Waals surface area contributed by atoms with E-state index in [2.05, 4.69) is 4.90 Å². The van der Waals surface area contributed by atoms with E-state index in [1.54, 1.807) is 0 Å². The van der Waals surface area contributed by atoms with Gasteiger partial charge in [-0.1, -0.05) is 0 Å². The Morgan fingerprint density at radius 3 is 1.92 bits per heavy atom. The molecule has 2 atom stereocenters. The van der Waals surface area contributed by atoms with Crippen molar-refractivity contribution in [3.63, 3.8) is 0 Å². The lowest BCUT2D eigenvalue weighted by Crippen LogP contribution is -2.59. The van der Waals surface area contributed by atoms with Crippen molar-refractivity contribution in [2.45, 2.75) is 37.8 Å². The third-order valence-electron chi connectivity index (χ3n) is 5.59. The van der Waals surface area contributed by atoms with Crippen molar-refractivity contribution in [1.82, 2.24) is 14.7 Å². The van der Waals surface area contributed by atoms with Crippen LogP contribution in [0.15, 0.2) is 0 Å². The molecule has 3 aliphatic heterocycles. The minimum atomic E-state index is -3.11. The van der Waals surface area contributed by atoms with E-state index in [0.29, 0.717) is 32.6 Å². The number of carboxylic acids is 1. The highest BCUT2D eigenvalue weighted by Gasteiger charge is 2.46. The van der Waals surface area contributed by atoms with Crippen LogP contribution in [0, 0.1) is 0 Å². The van der Waals surface area contributed by atoms with Gasteiger partial charge in [-0.15, -0.1) is 0 Å². The summed E-state index contributed by atoms with van der Waals surface area (Å²) in [6, 6.07) is -0.279. The van der Waals surface area contributed by atoms with E-state index in [-0.39, 0.29) is 35.9 Å². The van der Waals surface area contributed by atoms with Crippen LogP contribution in [0.25, 0.3) is 0 Å². The molecule has 0 radical (unpaired) electrons. The molecule has 1 N–H and O–H groups in total. The van der Waals surface area contributed by atoms with Gasteiger partial charge in [0.2, 0.25) is 5.91 Å². The summed E-state index contributed by atoms with van der Waals surface area (Å²) in [4.78, 5) is 29.1. The Kier molecular flexibility index (Phi) is 5.65. The number of sulfone groups is 1. The van der Waals surface area contributed by atoms with Crippen molar-refractivity contribution < 1.29 is 23.1 Å². The molecule has 3 aliphatic rings. The summed E-state index contributed by atoms with van der Waals surface area (Å²) in [6.45, 7) is 3.97. The number of hydrogen-bond acceptors (Lipinski definition) is 6. The molecule has 142 valence electrons. The van der Waals surface area contributed by atoms with Gasteiger partial charge >= 0.3 is 5.97 Å². The van der Waals surface area contributed by atoms with E-state index in [9.17, 15) is 18.0 Å². The molecule has 0 aliphatic carbocycles.